The van der Waals surface area contributed by atoms with E-state index in [1.807, 2.05) is 0 Å². The number of hydrogen-bond donors (Lipinski definition) is 3. The molecule has 0 radical (unpaired) electrons. The van der Waals surface area contributed by atoms with Gasteiger partial charge in [-0.05, 0) is 15.9 Å². The van der Waals surface area contributed by atoms with Gasteiger partial charge in [-0.1, -0.05) is 0 Å². The minimum atomic E-state index is -3.12. The summed E-state index contributed by atoms with van der Waals surface area (Å²) in [5, 5.41) is 8.69. The summed E-state index contributed by atoms with van der Waals surface area (Å²) in [6, 6.07) is 0. The van der Waals surface area contributed by atoms with E-state index >= 15 is 0 Å². The SMILES string of the molecule is CS(=O)(=O)CCNS(=O)Nc1ncnc(OCCO)c1Br. The molecule has 21 heavy (non-hydrogen) atoms. The lowest BCUT2D eigenvalue weighted by atomic mass is 10.6. The summed E-state index contributed by atoms with van der Waals surface area (Å²) in [6.45, 7) is -0.0715. The van der Waals surface area contributed by atoms with Gasteiger partial charge in [-0.2, -0.15) is 0 Å². The van der Waals surface area contributed by atoms with Crippen molar-refractivity contribution in [2.45, 2.75) is 0 Å². The molecular formula is C9H15BrN4O5S2. The van der Waals surface area contributed by atoms with Crippen LogP contribution in [0.3, 0.4) is 0 Å². The predicted octanol–water partition coefficient (Wildman–Crippen LogP) is -0.765. The van der Waals surface area contributed by atoms with Crippen LogP contribution in [0.2, 0.25) is 0 Å². The molecular weight excluding hydrogens is 388 g/mol. The molecule has 0 spiro atoms. The summed E-state index contributed by atoms with van der Waals surface area (Å²) in [7, 11) is -3.12. The number of sulfone groups is 1. The van der Waals surface area contributed by atoms with E-state index in [9.17, 15) is 12.6 Å². The molecule has 0 saturated heterocycles. The number of aromatic nitrogens is 2. The van der Waals surface area contributed by atoms with Gasteiger partial charge >= 0.3 is 0 Å². The molecule has 1 atom stereocenters. The Morgan fingerprint density at radius 3 is 2.81 bits per heavy atom. The second kappa shape index (κ2) is 8.58. The zero-order valence-corrected chi connectivity index (χ0v) is 14.3. The van der Waals surface area contributed by atoms with Crippen LogP contribution in [0.4, 0.5) is 5.82 Å². The molecule has 1 aromatic heterocycles. The molecule has 0 bridgehead atoms. The van der Waals surface area contributed by atoms with Crippen molar-refractivity contribution in [3.8, 4) is 5.88 Å². The number of ether oxygens (including phenoxy) is 1. The molecule has 1 heterocycles. The standard InChI is InChI=1S/C9H15BrN4O5S2/c1-21(17,18)5-2-13-20(16)14-8-7(10)9(12-6-11-8)19-4-3-15/h6,13,15H,2-5H2,1H3,(H,11,12,14). The van der Waals surface area contributed by atoms with Crippen molar-refractivity contribution in [2.75, 3.05) is 36.5 Å². The first-order valence-corrected chi connectivity index (χ1v) is 9.67. The average molecular weight is 403 g/mol. The maximum Gasteiger partial charge on any atom is 0.233 e. The van der Waals surface area contributed by atoms with Gasteiger partial charge in [0.15, 0.2) is 17.0 Å². The molecule has 1 rings (SSSR count). The van der Waals surface area contributed by atoms with Crippen LogP contribution in [0.1, 0.15) is 0 Å². The van der Waals surface area contributed by atoms with E-state index in [1.54, 1.807) is 0 Å². The molecule has 1 aromatic rings. The summed E-state index contributed by atoms with van der Waals surface area (Å²) in [5.74, 6) is 0.272. The third-order valence-corrected chi connectivity index (χ3v) is 4.49. The quantitative estimate of drug-likeness (QED) is 0.494. The largest absolute Gasteiger partial charge is 0.474 e. The molecule has 120 valence electrons. The van der Waals surface area contributed by atoms with Crippen LogP contribution >= 0.6 is 15.9 Å². The number of anilines is 1. The van der Waals surface area contributed by atoms with Gasteiger partial charge in [0.1, 0.15) is 27.2 Å². The predicted molar refractivity (Wildman–Crippen MR) is 81.8 cm³/mol. The van der Waals surface area contributed by atoms with Crippen LogP contribution in [0.25, 0.3) is 0 Å². The van der Waals surface area contributed by atoms with Crippen molar-refractivity contribution in [2.24, 2.45) is 0 Å². The number of halogens is 1. The van der Waals surface area contributed by atoms with E-state index in [4.69, 9.17) is 9.84 Å². The Morgan fingerprint density at radius 2 is 2.19 bits per heavy atom. The lowest BCUT2D eigenvalue weighted by Gasteiger charge is -2.10. The normalized spacial score (nSPS) is 12.9. The zero-order chi connectivity index (χ0) is 15.9. The van der Waals surface area contributed by atoms with E-state index in [2.05, 4.69) is 35.3 Å². The van der Waals surface area contributed by atoms with E-state index < -0.39 is 21.0 Å². The number of nitrogens with zero attached hydrogens (tertiary/aromatic N) is 2. The zero-order valence-electron chi connectivity index (χ0n) is 11.1. The fourth-order valence-corrected chi connectivity index (χ4v) is 2.95. The smallest absolute Gasteiger partial charge is 0.233 e. The van der Waals surface area contributed by atoms with Gasteiger partial charge in [-0.3, -0.25) is 4.72 Å². The summed E-state index contributed by atoms with van der Waals surface area (Å²) < 4.78 is 44.1. The van der Waals surface area contributed by atoms with Gasteiger partial charge in [-0.25, -0.2) is 27.3 Å². The van der Waals surface area contributed by atoms with Crippen molar-refractivity contribution in [3.63, 3.8) is 0 Å². The highest BCUT2D eigenvalue weighted by atomic mass is 79.9. The van der Waals surface area contributed by atoms with E-state index in [-0.39, 0.29) is 37.2 Å². The molecule has 0 amide bonds. The topological polar surface area (TPSA) is 131 Å². The molecule has 0 aromatic carbocycles. The molecule has 0 saturated carbocycles. The number of hydrogen-bond acceptors (Lipinski definition) is 7. The first-order valence-electron chi connectivity index (χ1n) is 5.67. The third-order valence-electron chi connectivity index (χ3n) is 1.98. The minimum absolute atomic E-state index is 0.0367. The van der Waals surface area contributed by atoms with Gasteiger partial charge in [0, 0.05) is 12.8 Å². The van der Waals surface area contributed by atoms with Crippen molar-refractivity contribution < 1.29 is 22.5 Å². The number of nitrogens with one attached hydrogen (secondary N) is 2. The number of aliphatic hydroxyl groups is 1. The van der Waals surface area contributed by atoms with Crippen LogP contribution in [-0.4, -0.2) is 59.5 Å². The summed E-state index contributed by atoms with van der Waals surface area (Å²) in [6.07, 6.45) is 2.30. The summed E-state index contributed by atoms with van der Waals surface area (Å²) >= 11 is 1.47. The van der Waals surface area contributed by atoms with Crippen molar-refractivity contribution in [1.82, 2.24) is 14.7 Å². The maximum absolute atomic E-state index is 11.7. The molecule has 3 N–H and O–H groups in total. The lowest BCUT2D eigenvalue weighted by Crippen LogP contribution is -2.28. The fourth-order valence-electron chi connectivity index (χ4n) is 1.11. The summed E-state index contributed by atoms with van der Waals surface area (Å²) in [4.78, 5) is 7.73. The second-order valence-corrected chi connectivity index (χ2v) is 7.89. The van der Waals surface area contributed by atoms with Crippen LogP contribution in [0.15, 0.2) is 10.8 Å². The number of aliphatic hydroxyl groups excluding tert-OH is 1. The first-order chi connectivity index (χ1) is 9.83. The van der Waals surface area contributed by atoms with Crippen molar-refractivity contribution in [1.29, 1.82) is 0 Å². The molecule has 0 fully saturated rings. The van der Waals surface area contributed by atoms with E-state index in [0.717, 1.165) is 6.26 Å². The maximum atomic E-state index is 11.7. The second-order valence-electron chi connectivity index (χ2n) is 3.81. The Morgan fingerprint density at radius 1 is 1.48 bits per heavy atom. The van der Waals surface area contributed by atoms with Crippen LogP contribution in [0, 0.1) is 0 Å². The monoisotopic (exact) mass is 402 g/mol. The minimum Gasteiger partial charge on any atom is -0.474 e. The highest BCUT2D eigenvalue weighted by molar-refractivity contribution is 9.10. The molecule has 1 unspecified atom stereocenters. The lowest BCUT2D eigenvalue weighted by molar-refractivity contribution is 0.196. The summed E-state index contributed by atoms with van der Waals surface area (Å²) in [5.41, 5.74) is 0. The van der Waals surface area contributed by atoms with Gasteiger partial charge in [0.2, 0.25) is 5.88 Å². The fraction of sp³-hybridized carbons (Fsp3) is 0.556. The Balaban J connectivity index is 2.59. The van der Waals surface area contributed by atoms with Crippen molar-refractivity contribution in [3.05, 3.63) is 10.8 Å². The Bertz CT molecular complexity index is 598. The molecule has 0 aliphatic rings. The Kier molecular flexibility index (Phi) is 7.45. The van der Waals surface area contributed by atoms with Gasteiger partial charge in [0.25, 0.3) is 0 Å². The highest BCUT2D eigenvalue weighted by Gasteiger charge is 2.12. The van der Waals surface area contributed by atoms with Gasteiger partial charge < -0.3 is 9.84 Å². The highest BCUT2D eigenvalue weighted by Crippen LogP contribution is 2.28. The molecule has 0 aliphatic heterocycles. The average Bonchev–Trinajstić information content (AvgIpc) is 2.38. The van der Waals surface area contributed by atoms with Crippen LogP contribution in [-0.2, 0) is 21.0 Å². The first kappa shape index (κ1) is 18.2. The molecule has 12 heteroatoms. The van der Waals surface area contributed by atoms with Crippen LogP contribution in [0.5, 0.6) is 5.88 Å². The van der Waals surface area contributed by atoms with E-state index in [0.29, 0.717) is 4.47 Å². The molecule has 9 nitrogen and oxygen atoms in total. The van der Waals surface area contributed by atoms with Crippen molar-refractivity contribution >= 4 is 42.8 Å². The third kappa shape index (κ3) is 7.13. The van der Waals surface area contributed by atoms with Crippen LogP contribution < -0.4 is 14.2 Å². The number of rotatable bonds is 9. The Hall–Kier alpha value is -0.820. The van der Waals surface area contributed by atoms with Gasteiger partial charge in [0.05, 0.1) is 12.4 Å². The van der Waals surface area contributed by atoms with E-state index in [1.165, 1.54) is 6.33 Å². The Labute approximate surface area is 133 Å². The molecule has 0 aliphatic carbocycles. The van der Waals surface area contributed by atoms with Gasteiger partial charge in [-0.15, -0.1) is 0 Å².